The van der Waals surface area contributed by atoms with Crippen LogP contribution in [0.3, 0.4) is 0 Å². The van der Waals surface area contributed by atoms with Gasteiger partial charge in [-0.25, -0.2) is 4.39 Å². The third-order valence-electron chi connectivity index (χ3n) is 3.98. The highest BCUT2D eigenvalue weighted by atomic mass is 19.1. The predicted molar refractivity (Wildman–Crippen MR) is 78.0 cm³/mol. The van der Waals surface area contributed by atoms with E-state index < -0.39 is 0 Å². The van der Waals surface area contributed by atoms with Gasteiger partial charge in [-0.05, 0) is 43.0 Å². The summed E-state index contributed by atoms with van der Waals surface area (Å²) in [6.45, 7) is 8.92. The Morgan fingerprint density at radius 1 is 1.32 bits per heavy atom. The quantitative estimate of drug-likeness (QED) is 0.864. The lowest BCUT2D eigenvalue weighted by Gasteiger charge is -2.31. The fourth-order valence-corrected chi connectivity index (χ4v) is 2.08. The van der Waals surface area contributed by atoms with Gasteiger partial charge in [0.05, 0.1) is 7.11 Å². The fraction of sp³-hybridized carbons (Fsp3) is 0.625. The Labute approximate surface area is 116 Å². The molecule has 0 aromatic heterocycles. The van der Waals surface area contributed by atoms with E-state index in [1.165, 1.54) is 6.07 Å². The maximum atomic E-state index is 13.5. The first kappa shape index (κ1) is 16.0. The molecule has 1 aromatic carbocycles. The average Bonchev–Trinajstić information content (AvgIpc) is 2.34. The van der Waals surface area contributed by atoms with Crippen LogP contribution >= 0.6 is 0 Å². The van der Waals surface area contributed by atoms with Gasteiger partial charge < -0.3 is 10.1 Å². The Hall–Kier alpha value is -1.09. The number of hydrogen-bond acceptors (Lipinski definition) is 2. The molecule has 108 valence electrons. The van der Waals surface area contributed by atoms with Crippen LogP contribution in [0.5, 0.6) is 5.75 Å². The van der Waals surface area contributed by atoms with Crippen LogP contribution in [0.25, 0.3) is 0 Å². The molecule has 19 heavy (non-hydrogen) atoms. The molecule has 0 aliphatic rings. The monoisotopic (exact) mass is 267 g/mol. The Balaban J connectivity index is 3.00. The van der Waals surface area contributed by atoms with Crippen molar-refractivity contribution in [3.05, 3.63) is 29.6 Å². The SMILES string of the molecule is CNC(CC(C)C(C)(C)C)c1cc(F)ccc1OC. The highest BCUT2D eigenvalue weighted by Gasteiger charge is 2.25. The van der Waals surface area contributed by atoms with Crippen LogP contribution in [0, 0.1) is 17.2 Å². The predicted octanol–water partition coefficient (Wildman–Crippen LogP) is 4.17. The Bertz CT molecular complexity index is 412. The van der Waals surface area contributed by atoms with E-state index in [0.29, 0.717) is 5.92 Å². The summed E-state index contributed by atoms with van der Waals surface area (Å²) in [5, 5.41) is 3.28. The number of nitrogens with one attached hydrogen (secondary N) is 1. The lowest BCUT2D eigenvalue weighted by atomic mass is 9.77. The van der Waals surface area contributed by atoms with Gasteiger partial charge >= 0.3 is 0 Å². The van der Waals surface area contributed by atoms with Gasteiger partial charge in [-0.3, -0.25) is 0 Å². The van der Waals surface area contributed by atoms with Gasteiger partial charge in [0.1, 0.15) is 11.6 Å². The highest BCUT2D eigenvalue weighted by molar-refractivity contribution is 5.36. The zero-order chi connectivity index (χ0) is 14.6. The zero-order valence-corrected chi connectivity index (χ0v) is 12.9. The standard InChI is InChI=1S/C16H26FNO/c1-11(16(2,3)4)9-14(18-5)13-10-12(17)7-8-15(13)19-6/h7-8,10-11,14,18H,9H2,1-6H3. The van der Waals surface area contributed by atoms with Gasteiger partial charge in [-0.2, -0.15) is 0 Å². The molecular weight excluding hydrogens is 241 g/mol. The maximum absolute atomic E-state index is 13.5. The minimum absolute atomic E-state index is 0.0971. The van der Waals surface area contributed by atoms with Crippen molar-refractivity contribution < 1.29 is 9.13 Å². The number of hydrogen-bond donors (Lipinski definition) is 1. The van der Waals surface area contributed by atoms with Gasteiger partial charge in [-0.1, -0.05) is 27.7 Å². The largest absolute Gasteiger partial charge is 0.496 e. The van der Waals surface area contributed by atoms with Crippen molar-refractivity contribution in [3.63, 3.8) is 0 Å². The summed E-state index contributed by atoms with van der Waals surface area (Å²) >= 11 is 0. The first-order chi connectivity index (χ1) is 8.79. The molecule has 3 heteroatoms. The average molecular weight is 267 g/mol. The molecule has 0 bridgehead atoms. The molecule has 0 fully saturated rings. The van der Waals surface area contributed by atoms with Crippen LogP contribution in [0.2, 0.25) is 0 Å². The van der Waals surface area contributed by atoms with Crippen molar-refractivity contribution in [3.8, 4) is 5.75 Å². The van der Waals surface area contributed by atoms with Crippen molar-refractivity contribution in [1.29, 1.82) is 0 Å². The molecule has 0 saturated heterocycles. The third kappa shape index (κ3) is 4.20. The van der Waals surface area contributed by atoms with Crippen LogP contribution < -0.4 is 10.1 Å². The van der Waals surface area contributed by atoms with Crippen molar-refractivity contribution in [1.82, 2.24) is 5.32 Å². The molecule has 0 aliphatic carbocycles. The molecule has 1 N–H and O–H groups in total. The molecule has 0 aliphatic heterocycles. The fourth-order valence-electron chi connectivity index (χ4n) is 2.08. The molecule has 0 heterocycles. The number of rotatable bonds is 5. The molecule has 2 nitrogen and oxygen atoms in total. The smallest absolute Gasteiger partial charge is 0.123 e. The van der Waals surface area contributed by atoms with Gasteiger partial charge in [0, 0.05) is 11.6 Å². The van der Waals surface area contributed by atoms with Crippen LogP contribution in [0.4, 0.5) is 4.39 Å². The number of halogens is 1. The zero-order valence-electron chi connectivity index (χ0n) is 12.9. The number of ether oxygens (including phenoxy) is 1. The van der Waals surface area contributed by atoms with Gasteiger partial charge in [0.15, 0.2) is 0 Å². The second kappa shape index (κ2) is 6.38. The van der Waals surface area contributed by atoms with E-state index in [1.807, 2.05) is 7.05 Å². The first-order valence-corrected chi connectivity index (χ1v) is 6.80. The lowest BCUT2D eigenvalue weighted by Crippen LogP contribution is -2.25. The number of benzene rings is 1. The van der Waals surface area contributed by atoms with Crippen LogP contribution in [0.15, 0.2) is 18.2 Å². The summed E-state index contributed by atoms with van der Waals surface area (Å²) < 4.78 is 18.8. The summed E-state index contributed by atoms with van der Waals surface area (Å²) in [6.07, 6.45) is 0.944. The van der Waals surface area contributed by atoms with E-state index in [9.17, 15) is 4.39 Å². The van der Waals surface area contributed by atoms with Crippen molar-refractivity contribution in [2.24, 2.45) is 11.3 Å². The van der Waals surface area contributed by atoms with E-state index in [0.717, 1.165) is 17.7 Å². The molecule has 0 saturated carbocycles. The second-order valence-corrected chi connectivity index (χ2v) is 6.23. The van der Waals surface area contributed by atoms with Crippen LogP contribution in [0.1, 0.15) is 45.7 Å². The highest BCUT2D eigenvalue weighted by Crippen LogP contribution is 2.36. The second-order valence-electron chi connectivity index (χ2n) is 6.23. The Morgan fingerprint density at radius 3 is 2.42 bits per heavy atom. The maximum Gasteiger partial charge on any atom is 0.123 e. The minimum atomic E-state index is -0.223. The molecular formula is C16H26FNO. The van der Waals surface area contributed by atoms with E-state index in [4.69, 9.17) is 4.74 Å². The minimum Gasteiger partial charge on any atom is -0.496 e. The van der Waals surface area contributed by atoms with Crippen molar-refractivity contribution >= 4 is 0 Å². The van der Waals surface area contributed by atoms with E-state index >= 15 is 0 Å². The van der Waals surface area contributed by atoms with Crippen molar-refractivity contribution in [2.45, 2.75) is 40.2 Å². The summed E-state index contributed by atoms with van der Waals surface area (Å²) in [5.74, 6) is 1.03. The third-order valence-corrected chi connectivity index (χ3v) is 3.98. The molecule has 2 unspecified atom stereocenters. The lowest BCUT2D eigenvalue weighted by molar-refractivity contribution is 0.224. The molecule has 0 amide bonds. The summed E-state index contributed by atoms with van der Waals surface area (Å²) in [5.41, 5.74) is 1.12. The Morgan fingerprint density at radius 2 is 1.95 bits per heavy atom. The van der Waals surface area contributed by atoms with E-state index in [-0.39, 0.29) is 17.3 Å². The van der Waals surface area contributed by atoms with Gasteiger partial charge in [-0.15, -0.1) is 0 Å². The molecule has 2 atom stereocenters. The van der Waals surface area contributed by atoms with Crippen LogP contribution in [-0.2, 0) is 0 Å². The first-order valence-electron chi connectivity index (χ1n) is 6.80. The van der Waals surface area contributed by atoms with E-state index in [2.05, 4.69) is 33.0 Å². The van der Waals surface area contributed by atoms with Gasteiger partial charge in [0.2, 0.25) is 0 Å². The summed E-state index contributed by atoms with van der Waals surface area (Å²) in [4.78, 5) is 0. The summed E-state index contributed by atoms with van der Waals surface area (Å²) in [7, 11) is 3.53. The van der Waals surface area contributed by atoms with Crippen molar-refractivity contribution in [2.75, 3.05) is 14.2 Å². The molecule has 1 aromatic rings. The van der Waals surface area contributed by atoms with E-state index in [1.54, 1.807) is 19.2 Å². The van der Waals surface area contributed by atoms with Gasteiger partial charge in [0.25, 0.3) is 0 Å². The Kier molecular flexibility index (Phi) is 5.36. The molecule has 0 radical (unpaired) electrons. The molecule has 0 spiro atoms. The molecule has 1 rings (SSSR count). The normalized spacial score (nSPS) is 15.1. The topological polar surface area (TPSA) is 21.3 Å². The van der Waals surface area contributed by atoms with Crippen LogP contribution in [-0.4, -0.2) is 14.2 Å². The number of methoxy groups -OCH3 is 1. The summed E-state index contributed by atoms with van der Waals surface area (Å²) in [6, 6.07) is 4.79.